The van der Waals surface area contributed by atoms with Gasteiger partial charge < -0.3 is 4.74 Å². The van der Waals surface area contributed by atoms with Crippen LogP contribution in [0.2, 0.25) is 0 Å². The number of carbonyl (C=O) groups is 1. The van der Waals surface area contributed by atoms with Crippen molar-refractivity contribution in [1.82, 2.24) is 14.6 Å². The van der Waals surface area contributed by atoms with Crippen LogP contribution < -0.4 is 10.3 Å². The molecule has 7 nitrogen and oxygen atoms in total. The molecule has 1 aromatic carbocycles. The number of aromatic nitrogens is 3. The Morgan fingerprint density at radius 3 is 2.81 bits per heavy atom. The van der Waals surface area contributed by atoms with E-state index in [-0.39, 0.29) is 5.56 Å². The lowest BCUT2D eigenvalue weighted by Gasteiger charge is -2.09. The van der Waals surface area contributed by atoms with Crippen LogP contribution in [0.5, 0.6) is 5.75 Å². The van der Waals surface area contributed by atoms with Crippen molar-refractivity contribution in [2.75, 3.05) is 0 Å². The highest BCUT2D eigenvalue weighted by Crippen LogP contribution is 2.33. The van der Waals surface area contributed by atoms with E-state index in [4.69, 9.17) is 4.74 Å². The van der Waals surface area contributed by atoms with Gasteiger partial charge in [-0.1, -0.05) is 0 Å². The maximum Gasteiger partial charge on any atom is 0.345 e. The number of nitrogens with zero attached hydrogens (tertiary/aromatic N) is 4. The number of carbonyl (C=O) groups excluding carboxylic acids is 1. The van der Waals surface area contributed by atoms with E-state index in [0.29, 0.717) is 16.7 Å². The van der Waals surface area contributed by atoms with Crippen LogP contribution in [0, 0.1) is 0 Å². The number of hydrogen-bond acceptors (Lipinski definition) is 7. The molecule has 1 aliphatic rings. The van der Waals surface area contributed by atoms with Gasteiger partial charge in [0.25, 0.3) is 5.56 Å². The molecule has 3 heterocycles. The maximum absolute atomic E-state index is 12.9. The standard InChI is InChI=1S/C23H18N4O3S/c28-22-20-18-5-1-2-6-19(18)31-21(20)25-14-27(22)26-12-15-7-9-17(10-8-15)30-23(29)16-4-3-11-24-13-16/h3-4,7-14H,1-2,5-6H2. The summed E-state index contributed by atoms with van der Waals surface area (Å²) in [7, 11) is 0. The van der Waals surface area contributed by atoms with Crippen molar-refractivity contribution in [1.29, 1.82) is 0 Å². The van der Waals surface area contributed by atoms with Crippen LogP contribution >= 0.6 is 11.3 Å². The lowest BCUT2D eigenvalue weighted by Crippen LogP contribution is -2.18. The van der Waals surface area contributed by atoms with Crippen LogP contribution in [0.25, 0.3) is 10.2 Å². The SMILES string of the molecule is O=C(Oc1ccc(C=Nn2cnc3sc4c(c3c2=O)CCCC4)cc1)c1cccnc1. The predicted octanol–water partition coefficient (Wildman–Crippen LogP) is 3.83. The van der Waals surface area contributed by atoms with Crippen molar-refractivity contribution < 1.29 is 9.53 Å². The van der Waals surface area contributed by atoms with Gasteiger partial charge in [0, 0.05) is 17.3 Å². The van der Waals surface area contributed by atoms with E-state index in [9.17, 15) is 9.59 Å². The molecule has 0 N–H and O–H groups in total. The van der Waals surface area contributed by atoms with Crippen molar-refractivity contribution in [3.63, 3.8) is 0 Å². The largest absolute Gasteiger partial charge is 0.423 e. The van der Waals surface area contributed by atoms with E-state index >= 15 is 0 Å². The number of esters is 1. The number of benzene rings is 1. The Balaban J connectivity index is 1.35. The van der Waals surface area contributed by atoms with Crippen molar-refractivity contribution >= 4 is 33.7 Å². The third kappa shape index (κ3) is 3.89. The summed E-state index contributed by atoms with van der Waals surface area (Å²) in [5, 5.41) is 5.00. The molecule has 0 bridgehead atoms. The molecule has 1 aliphatic carbocycles. The number of hydrogen-bond donors (Lipinski definition) is 0. The summed E-state index contributed by atoms with van der Waals surface area (Å²) in [5.74, 6) is -0.0595. The number of aryl methyl sites for hydroxylation is 2. The molecule has 0 spiro atoms. The lowest BCUT2D eigenvalue weighted by molar-refractivity contribution is 0.0734. The summed E-state index contributed by atoms with van der Waals surface area (Å²) in [6, 6.07) is 10.2. The molecule has 8 heteroatoms. The minimum Gasteiger partial charge on any atom is -0.423 e. The zero-order valence-corrected chi connectivity index (χ0v) is 17.3. The molecule has 0 atom stereocenters. The third-order valence-corrected chi connectivity index (χ3v) is 6.38. The molecule has 5 rings (SSSR count). The molecule has 31 heavy (non-hydrogen) atoms. The molecular weight excluding hydrogens is 412 g/mol. The van der Waals surface area contributed by atoms with Gasteiger partial charge in [-0.05, 0) is 73.2 Å². The molecular formula is C23H18N4O3S. The van der Waals surface area contributed by atoms with Gasteiger partial charge in [-0.15, -0.1) is 11.3 Å². The van der Waals surface area contributed by atoms with Crippen LogP contribution in [-0.4, -0.2) is 26.8 Å². The number of fused-ring (bicyclic) bond motifs is 3. The summed E-state index contributed by atoms with van der Waals surface area (Å²) < 4.78 is 6.62. The van der Waals surface area contributed by atoms with E-state index < -0.39 is 5.97 Å². The van der Waals surface area contributed by atoms with Gasteiger partial charge in [-0.2, -0.15) is 9.78 Å². The van der Waals surface area contributed by atoms with Crippen molar-refractivity contribution in [3.8, 4) is 5.75 Å². The van der Waals surface area contributed by atoms with Gasteiger partial charge in [-0.3, -0.25) is 9.78 Å². The monoisotopic (exact) mass is 430 g/mol. The minimum atomic E-state index is -0.473. The molecule has 0 aliphatic heterocycles. The zero-order valence-electron chi connectivity index (χ0n) is 16.5. The zero-order chi connectivity index (χ0) is 21.2. The fourth-order valence-corrected chi connectivity index (χ4v) is 4.84. The summed E-state index contributed by atoms with van der Waals surface area (Å²) >= 11 is 1.62. The topological polar surface area (TPSA) is 86.4 Å². The summed E-state index contributed by atoms with van der Waals surface area (Å²) in [4.78, 5) is 35.5. The highest BCUT2D eigenvalue weighted by Gasteiger charge is 2.19. The highest BCUT2D eigenvalue weighted by atomic mass is 32.1. The quantitative estimate of drug-likeness (QED) is 0.279. The summed E-state index contributed by atoms with van der Waals surface area (Å²) in [6.45, 7) is 0. The van der Waals surface area contributed by atoms with E-state index in [1.54, 1.807) is 60.1 Å². The Morgan fingerprint density at radius 2 is 2.00 bits per heavy atom. The number of pyridine rings is 1. The van der Waals surface area contributed by atoms with Crippen LogP contribution in [0.3, 0.4) is 0 Å². The first kappa shape index (κ1) is 19.3. The molecule has 0 saturated carbocycles. The lowest BCUT2D eigenvalue weighted by atomic mass is 9.97. The number of thiophene rings is 1. The smallest absolute Gasteiger partial charge is 0.345 e. The second-order valence-corrected chi connectivity index (χ2v) is 8.31. The van der Waals surface area contributed by atoms with E-state index in [2.05, 4.69) is 15.1 Å². The predicted molar refractivity (Wildman–Crippen MR) is 119 cm³/mol. The molecule has 0 radical (unpaired) electrons. The average Bonchev–Trinajstić information content (AvgIpc) is 3.19. The van der Waals surface area contributed by atoms with Gasteiger partial charge in [0.2, 0.25) is 0 Å². The fourth-order valence-electron chi connectivity index (χ4n) is 3.62. The molecule has 0 unspecified atom stereocenters. The Bertz CT molecular complexity index is 1340. The number of ether oxygens (including phenoxy) is 1. The first-order valence-electron chi connectivity index (χ1n) is 9.97. The van der Waals surface area contributed by atoms with Crippen molar-refractivity contribution in [2.45, 2.75) is 25.7 Å². The second kappa shape index (κ2) is 8.23. The summed E-state index contributed by atoms with van der Waals surface area (Å²) in [5.41, 5.74) is 2.15. The maximum atomic E-state index is 12.9. The van der Waals surface area contributed by atoms with Gasteiger partial charge in [0.05, 0.1) is 17.2 Å². The van der Waals surface area contributed by atoms with Crippen LogP contribution in [0.15, 0.2) is 65.0 Å². The molecule has 0 fully saturated rings. The van der Waals surface area contributed by atoms with Crippen molar-refractivity contribution in [3.05, 3.63) is 87.0 Å². The Labute approximate surface area is 181 Å². The van der Waals surface area contributed by atoms with Crippen LogP contribution in [-0.2, 0) is 12.8 Å². The van der Waals surface area contributed by atoms with E-state index in [1.165, 1.54) is 28.5 Å². The minimum absolute atomic E-state index is 0.136. The first-order chi connectivity index (χ1) is 15.2. The van der Waals surface area contributed by atoms with Gasteiger partial charge in [0.15, 0.2) is 0 Å². The Hall–Kier alpha value is -3.65. The van der Waals surface area contributed by atoms with E-state index in [1.807, 2.05) is 0 Å². The van der Waals surface area contributed by atoms with Crippen LogP contribution in [0.4, 0.5) is 0 Å². The van der Waals surface area contributed by atoms with Crippen molar-refractivity contribution in [2.24, 2.45) is 5.10 Å². The Morgan fingerprint density at radius 1 is 1.16 bits per heavy atom. The molecule has 154 valence electrons. The van der Waals surface area contributed by atoms with Gasteiger partial charge >= 0.3 is 5.97 Å². The summed E-state index contributed by atoms with van der Waals surface area (Å²) in [6.07, 6.45) is 10.3. The average molecular weight is 430 g/mol. The first-order valence-corrected chi connectivity index (χ1v) is 10.8. The highest BCUT2D eigenvalue weighted by molar-refractivity contribution is 7.18. The fraction of sp³-hybridized carbons (Fsp3) is 0.174. The number of rotatable bonds is 4. The molecule has 4 aromatic rings. The Kier molecular flexibility index (Phi) is 5.13. The normalized spacial score (nSPS) is 13.4. The van der Waals surface area contributed by atoms with Gasteiger partial charge in [-0.25, -0.2) is 9.78 Å². The van der Waals surface area contributed by atoms with Gasteiger partial charge in [0.1, 0.15) is 16.9 Å². The van der Waals surface area contributed by atoms with Crippen LogP contribution in [0.1, 0.15) is 39.2 Å². The molecule has 0 saturated heterocycles. The molecule has 0 amide bonds. The van der Waals surface area contributed by atoms with E-state index in [0.717, 1.165) is 35.2 Å². The second-order valence-electron chi connectivity index (χ2n) is 7.23. The third-order valence-electron chi connectivity index (χ3n) is 5.18. The molecule has 3 aromatic heterocycles.